The first kappa shape index (κ1) is 14.7. The van der Waals surface area contributed by atoms with Crippen molar-refractivity contribution in [1.82, 2.24) is 0 Å². The van der Waals surface area contributed by atoms with Crippen molar-refractivity contribution in [2.24, 2.45) is 0 Å². The molecule has 3 N–H and O–H groups in total. The molecule has 2 aromatic carbocycles. The molecule has 21 heavy (non-hydrogen) atoms. The van der Waals surface area contributed by atoms with E-state index in [2.05, 4.69) is 6.07 Å². The molecule has 0 aromatic heterocycles. The third-order valence-electron chi connectivity index (χ3n) is 3.26. The Labute approximate surface area is 124 Å². The van der Waals surface area contributed by atoms with Crippen LogP contribution in [0.1, 0.15) is 36.5 Å². The quantitative estimate of drug-likeness (QED) is 0.832. The monoisotopic (exact) mass is 282 g/mol. The molecule has 0 spiro atoms. The molecular formula is C17H18N2O2. The van der Waals surface area contributed by atoms with Gasteiger partial charge in [-0.3, -0.25) is 0 Å². The van der Waals surface area contributed by atoms with E-state index < -0.39 is 0 Å². The molecule has 0 heterocycles. The van der Waals surface area contributed by atoms with Gasteiger partial charge in [-0.05, 0) is 48.7 Å². The van der Waals surface area contributed by atoms with Crippen molar-refractivity contribution >= 4 is 5.69 Å². The number of nitrogens with zero attached hydrogens (tertiary/aromatic N) is 1. The van der Waals surface area contributed by atoms with Gasteiger partial charge in [-0.1, -0.05) is 13.8 Å². The van der Waals surface area contributed by atoms with Crippen LogP contribution in [-0.2, 0) is 0 Å². The molecule has 108 valence electrons. The molecule has 0 aliphatic carbocycles. The van der Waals surface area contributed by atoms with Crippen molar-refractivity contribution in [3.05, 3.63) is 47.0 Å². The number of anilines is 1. The van der Waals surface area contributed by atoms with Gasteiger partial charge < -0.3 is 15.6 Å². The first-order valence-corrected chi connectivity index (χ1v) is 6.73. The van der Waals surface area contributed by atoms with Crippen LogP contribution in [0.4, 0.5) is 5.69 Å². The van der Waals surface area contributed by atoms with Crippen LogP contribution in [0.15, 0.2) is 30.3 Å². The highest BCUT2D eigenvalue weighted by Gasteiger charge is 2.12. The van der Waals surface area contributed by atoms with Gasteiger partial charge in [-0.25, -0.2) is 0 Å². The second-order valence-electron chi connectivity index (χ2n) is 5.30. The molecule has 0 aliphatic rings. The summed E-state index contributed by atoms with van der Waals surface area (Å²) < 4.78 is 5.84. The van der Waals surface area contributed by atoms with Gasteiger partial charge in [0.1, 0.15) is 23.3 Å². The minimum Gasteiger partial charge on any atom is -0.508 e. The van der Waals surface area contributed by atoms with E-state index in [1.165, 1.54) is 0 Å². The van der Waals surface area contributed by atoms with E-state index in [9.17, 15) is 10.4 Å². The second kappa shape index (κ2) is 5.76. The third-order valence-corrected chi connectivity index (χ3v) is 3.26. The number of nitrogens with two attached hydrogens (primary N) is 1. The molecule has 0 unspecified atom stereocenters. The van der Waals surface area contributed by atoms with Crippen LogP contribution in [0.2, 0.25) is 0 Å². The Morgan fingerprint density at radius 1 is 1.24 bits per heavy atom. The van der Waals surface area contributed by atoms with Crippen LogP contribution in [0, 0.1) is 18.3 Å². The smallest absolute Gasteiger partial charge is 0.148 e. The fraction of sp³-hybridized carbons (Fsp3) is 0.235. The van der Waals surface area contributed by atoms with Crippen molar-refractivity contribution in [2.75, 3.05) is 5.73 Å². The molecule has 0 fully saturated rings. The van der Waals surface area contributed by atoms with Gasteiger partial charge in [0.05, 0.1) is 5.56 Å². The number of phenols is 1. The molecule has 0 aliphatic heterocycles. The SMILES string of the molecule is Cc1cc(N)cc(C#N)c1Oc1ccc(O)c(C(C)C)c1. The molecule has 0 bridgehead atoms. The number of nitrogen functional groups attached to an aromatic ring is 1. The standard InChI is InChI=1S/C17H18N2O2/c1-10(2)15-8-14(4-5-16(15)20)21-17-11(3)6-13(19)7-12(17)9-18/h4-8,10,20H,19H2,1-3H3. The van der Waals surface area contributed by atoms with E-state index >= 15 is 0 Å². The maximum Gasteiger partial charge on any atom is 0.148 e. The van der Waals surface area contributed by atoms with Crippen LogP contribution in [-0.4, -0.2) is 5.11 Å². The van der Waals surface area contributed by atoms with Crippen LogP contribution in [0.5, 0.6) is 17.2 Å². The molecule has 0 saturated heterocycles. The Morgan fingerprint density at radius 2 is 1.95 bits per heavy atom. The molecular weight excluding hydrogens is 264 g/mol. The fourth-order valence-corrected chi connectivity index (χ4v) is 2.20. The first-order valence-electron chi connectivity index (χ1n) is 6.73. The highest BCUT2D eigenvalue weighted by Crippen LogP contribution is 2.34. The maximum absolute atomic E-state index is 9.84. The Bertz CT molecular complexity index is 715. The Morgan fingerprint density at radius 3 is 2.57 bits per heavy atom. The van der Waals surface area contributed by atoms with Gasteiger partial charge in [0, 0.05) is 11.3 Å². The normalized spacial score (nSPS) is 10.4. The van der Waals surface area contributed by atoms with Crippen molar-refractivity contribution in [3.63, 3.8) is 0 Å². The van der Waals surface area contributed by atoms with E-state index in [0.717, 1.165) is 11.1 Å². The summed E-state index contributed by atoms with van der Waals surface area (Å²) in [5.74, 6) is 1.50. The summed E-state index contributed by atoms with van der Waals surface area (Å²) in [5.41, 5.74) is 8.27. The molecule has 0 saturated carbocycles. The van der Waals surface area contributed by atoms with Crippen LogP contribution in [0.25, 0.3) is 0 Å². The van der Waals surface area contributed by atoms with Crippen molar-refractivity contribution in [2.45, 2.75) is 26.7 Å². The van der Waals surface area contributed by atoms with Gasteiger partial charge in [0.15, 0.2) is 0 Å². The Balaban J connectivity index is 2.44. The summed E-state index contributed by atoms with van der Waals surface area (Å²) in [4.78, 5) is 0. The minimum absolute atomic E-state index is 0.177. The van der Waals surface area contributed by atoms with Gasteiger partial charge >= 0.3 is 0 Å². The van der Waals surface area contributed by atoms with E-state index in [1.54, 1.807) is 30.3 Å². The van der Waals surface area contributed by atoms with Gasteiger partial charge in [0.2, 0.25) is 0 Å². The number of nitriles is 1. The zero-order valence-corrected chi connectivity index (χ0v) is 12.3. The molecule has 2 rings (SSSR count). The topological polar surface area (TPSA) is 79.3 Å². The number of aryl methyl sites for hydroxylation is 1. The second-order valence-corrected chi connectivity index (χ2v) is 5.30. The molecule has 0 amide bonds. The van der Waals surface area contributed by atoms with E-state index in [1.807, 2.05) is 20.8 Å². The van der Waals surface area contributed by atoms with E-state index in [0.29, 0.717) is 22.7 Å². The summed E-state index contributed by atoms with van der Waals surface area (Å²) in [5, 5.41) is 19.0. The first-order chi connectivity index (χ1) is 9.92. The van der Waals surface area contributed by atoms with Crippen LogP contribution < -0.4 is 10.5 Å². The summed E-state index contributed by atoms with van der Waals surface area (Å²) in [7, 11) is 0. The van der Waals surface area contributed by atoms with Crippen molar-refractivity contribution in [3.8, 4) is 23.3 Å². The minimum atomic E-state index is 0.177. The van der Waals surface area contributed by atoms with Crippen LogP contribution in [0.3, 0.4) is 0 Å². The largest absolute Gasteiger partial charge is 0.508 e. The van der Waals surface area contributed by atoms with Gasteiger partial charge in [-0.2, -0.15) is 5.26 Å². The number of aromatic hydroxyl groups is 1. The van der Waals surface area contributed by atoms with Crippen LogP contribution >= 0.6 is 0 Å². The van der Waals surface area contributed by atoms with Crippen molar-refractivity contribution < 1.29 is 9.84 Å². The Kier molecular flexibility index (Phi) is 4.04. The van der Waals surface area contributed by atoms with E-state index in [4.69, 9.17) is 10.5 Å². The summed E-state index contributed by atoms with van der Waals surface area (Å²) in [6.45, 7) is 5.83. The molecule has 2 aromatic rings. The lowest BCUT2D eigenvalue weighted by Crippen LogP contribution is -1.96. The zero-order chi connectivity index (χ0) is 15.6. The average molecular weight is 282 g/mol. The third kappa shape index (κ3) is 3.09. The van der Waals surface area contributed by atoms with Crippen molar-refractivity contribution in [1.29, 1.82) is 5.26 Å². The van der Waals surface area contributed by atoms with E-state index in [-0.39, 0.29) is 11.7 Å². The number of ether oxygens (including phenoxy) is 1. The molecule has 0 radical (unpaired) electrons. The summed E-state index contributed by atoms with van der Waals surface area (Å²) in [6.07, 6.45) is 0. The lowest BCUT2D eigenvalue weighted by Gasteiger charge is -2.14. The highest BCUT2D eigenvalue weighted by atomic mass is 16.5. The predicted molar refractivity (Wildman–Crippen MR) is 82.6 cm³/mol. The number of hydrogen-bond acceptors (Lipinski definition) is 4. The Hall–Kier alpha value is -2.67. The number of rotatable bonds is 3. The van der Waals surface area contributed by atoms with Gasteiger partial charge in [-0.15, -0.1) is 0 Å². The number of hydrogen-bond donors (Lipinski definition) is 2. The molecule has 4 heteroatoms. The maximum atomic E-state index is 9.84. The lowest BCUT2D eigenvalue weighted by molar-refractivity contribution is 0.453. The molecule has 0 atom stereocenters. The number of phenolic OH excluding ortho intramolecular Hbond substituents is 1. The predicted octanol–water partition coefficient (Wildman–Crippen LogP) is 4.07. The molecule has 4 nitrogen and oxygen atoms in total. The fourth-order valence-electron chi connectivity index (χ4n) is 2.20. The van der Waals surface area contributed by atoms with Gasteiger partial charge in [0.25, 0.3) is 0 Å². The summed E-state index contributed by atoms with van der Waals surface area (Å²) in [6, 6.07) is 10.5. The summed E-state index contributed by atoms with van der Waals surface area (Å²) >= 11 is 0. The number of benzene rings is 2. The lowest BCUT2D eigenvalue weighted by atomic mass is 10.0. The zero-order valence-electron chi connectivity index (χ0n) is 12.3. The highest BCUT2D eigenvalue weighted by molar-refractivity contribution is 5.58. The average Bonchev–Trinajstić information content (AvgIpc) is 2.42.